The fraction of sp³-hybridized carbons (Fsp3) is 0.750. The van der Waals surface area contributed by atoms with Crippen LogP contribution < -0.4 is 5.32 Å². The SMILES string of the molecule is C=C(CF)NC(CCN(C)CC(=C)N1CC(C)CC1C#N)CC1CC1. The first kappa shape index (κ1) is 19.8. The largest absolute Gasteiger partial charge is 0.384 e. The maximum absolute atomic E-state index is 12.7. The number of hydrogen-bond donors (Lipinski definition) is 1. The fourth-order valence-electron chi connectivity index (χ4n) is 3.71. The molecule has 25 heavy (non-hydrogen) atoms. The van der Waals surface area contributed by atoms with Gasteiger partial charge in [0.05, 0.1) is 6.07 Å². The Morgan fingerprint density at radius 2 is 2.16 bits per heavy atom. The second-order valence-electron chi connectivity index (χ2n) is 7.99. The topological polar surface area (TPSA) is 42.3 Å². The van der Waals surface area contributed by atoms with Gasteiger partial charge in [-0.3, -0.25) is 0 Å². The van der Waals surface area contributed by atoms with Crippen molar-refractivity contribution in [2.24, 2.45) is 11.8 Å². The Hall–Kier alpha value is -1.54. The van der Waals surface area contributed by atoms with Crippen molar-refractivity contribution in [2.75, 3.05) is 33.4 Å². The van der Waals surface area contributed by atoms with E-state index in [0.29, 0.717) is 17.7 Å². The highest BCUT2D eigenvalue weighted by atomic mass is 19.1. The average molecular weight is 349 g/mol. The van der Waals surface area contributed by atoms with Crippen molar-refractivity contribution in [2.45, 2.75) is 51.1 Å². The van der Waals surface area contributed by atoms with Crippen LogP contribution in [0, 0.1) is 23.2 Å². The third-order valence-corrected chi connectivity index (χ3v) is 5.26. The van der Waals surface area contributed by atoms with E-state index in [1.54, 1.807) is 0 Å². The predicted molar refractivity (Wildman–Crippen MR) is 101 cm³/mol. The predicted octanol–water partition coefficient (Wildman–Crippen LogP) is 3.30. The van der Waals surface area contributed by atoms with Crippen LogP contribution in [0.15, 0.2) is 24.6 Å². The number of rotatable bonds is 11. The summed E-state index contributed by atoms with van der Waals surface area (Å²) in [6, 6.07) is 2.66. The zero-order valence-electron chi connectivity index (χ0n) is 15.8. The normalized spacial score (nSPS) is 24.2. The summed E-state index contributed by atoms with van der Waals surface area (Å²) in [5.74, 6) is 1.35. The van der Waals surface area contributed by atoms with Gasteiger partial charge in [-0.15, -0.1) is 0 Å². The van der Waals surface area contributed by atoms with Crippen LogP contribution in [0.25, 0.3) is 0 Å². The van der Waals surface area contributed by atoms with Crippen LogP contribution in [0.4, 0.5) is 4.39 Å². The van der Waals surface area contributed by atoms with Gasteiger partial charge in [-0.1, -0.05) is 32.9 Å². The van der Waals surface area contributed by atoms with Crippen molar-refractivity contribution < 1.29 is 4.39 Å². The molecular formula is C20H33FN4. The highest BCUT2D eigenvalue weighted by Gasteiger charge is 2.30. The molecule has 2 aliphatic rings. The molecule has 0 radical (unpaired) electrons. The number of nitriles is 1. The third-order valence-electron chi connectivity index (χ3n) is 5.26. The molecule has 3 unspecified atom stereocenters. The van der Waals surface area contributed by atoms with Crippen LogP contribution >= 0.6 is 0 Å². The number of nitrogens with zero attached hydrogens (tertiary/aromatic N) is 3. The number of nitrogens with one attached hydrogen (secondary N) is 1. The number of alkyl halides is 1. The Bertz CT molecular complexity index is 508. The highest BCUT2D eigenvalue weighted by molar-refractivity contribution is 5.09. The van der Waals surface area contributed by atoms with Gasteiger partial charge in [0, 0.05) is 37.1 Å². The molecule has 2 rings (SSSR count). The van der Waals surface area contributed by atoms with E-state index in [-0.39, 0.29) is 6.04 Å². The van der Waals surface area contributed by atoms with Gasteiger partial charge in [0.25, 0.3) is 0 Å². The third kappa shape index (κ3) is 6.36. The maximum Gasteiger partial charge on any atom is 0.128 e. The Kier molecular flexibility index (Phi) is 7.31. The first-order valence-electron chi connectivity index (χ1n) is 9.45. The number of hydrogen-bond acceptors (Lipinski definition) is 4. The number of likely N-dealkylation sites (tertiary alicyclic amines) is 1. The summed E-state index contributed by atoms with van der Waals surface area (Å²) < 4.78 is 12.7. The van der Waals surface area contributed by atoms with Gasteiger partial charge in [0.15, 0.2) is 0 Å². The second kappa shape index (κ2) is 9.24. The number of halogens is 1. The molecule has 0 aromatic heterocycles. The Balaban J connectivity index is 1.77. The lowest BCUT2D eigenvalue weighted by molar-refractivity contribution is 0.274. The number of allylic oxidation sites excluding steroid dienone is 1. The molecule has 1 aliphatic carbocycles. The second-order valence-corrected chi connectivity index (χ2v) is 7.99. The van der Waals surface area contributed by atoms with E-state index in [1.807, 2.05) is 0 Å². The molecule has 4 nitrogen and oxygen atoms in total. The Morgan fingerprint density at radius 1 is 1.44 bits per heavy atom. The lowest BCUT2D eigenvalue weighted by atomic mass is 10.1. The zero-order chi connectivity index (χ0) is 18.4. The van der Waals surface area contributed by atoms with Gasteiger partial charge < -0.3 is 15.1 Å². The lowest BCUT2D eigenvalue weighted by Crippen LogP contribution is -2.37. The van der Waals surface area contributed by atoms with Crippen molar-refractivity contribution in [3.05, 3.63) is 24.6 Å². The first-order chi connectivity index (χ1) is 11.9. The van der Waals surface area contributed by atoms with Crippen LogP contribution in [0.1, 0.15) is 39.0 Å². The Morgan fingerprint density at radius 3 is 2.76 bits per heavy atom. The minimum atomic E-state index is -0.503. The van der Waals surface area contributed by atoms with E-state index >= 15 is 0 Å². The standard InChI is InChI=1S/C20H33FN4/c1-15-9-20(12-22)25(13-15)17(3)14-24(4)8-7-19(10-18-5-6-18)23-16(2)11-21/h15,18-20,23H,2-3,5-11,13-14H2,1,4H3. The summed E-state index contributed by atoms with van der Waals surface area (Å²) >= 11 is 0. The lowest BCUT2D eigenvalue weighted by Gasteiger charge is -2.29. The quantitative estimate of drug-likeness (QED) is 0.622. The molecule has 1 aliphatic heterocycles. The highest BCUT2D eigenvalue weighted by Crippen LogP contribution is 2.34. The molecule has 0 bridgehead atoms. The summed E-state index contributed by atoms with van der Waals surface area (Å²) in [6.45, 7) is 12.2. The first-order valence-corrected chi connectivity index (χ1v) is 9.45. The van der Waals surface area contributed by atoms with E-state index < -0.39 is 6.67 Å². The van der Waals surface area contributed by atoms with Gasteiger partial charge in [-0.2, -0.15) is 5.26 Å². The summed E-state index contributed by atoms with van der Waals surface area (Å²) in [5.41, 5.74) is 1.51. The van der Waals surface area contributed by atoms with Gasteiger partial charge in [0.1, 0.15) is 12.7 Å². The summed E-state index contributed by atoms with van der Waals surface area (Å²) in [7, 11) is 2.09. The molecule has 5 heteroatoms. The van der Waals surface area contributed by atoms with Crippen LogP contribution in [-0.4, -0.2) is 55.2 Å². The van der Waals surface area contributed by atoms with E-state index in [1.165, 1.54) is 12.8 Å². The molecule has 1 heterocycles. The van der Waals surface area contributed by atoms with Crippen molar-refractivity contribution >= 4 is 0 Å². The summed E-state index contributed by atoms with van der Waals surface area (Å²) in [6.07, 6.45) is 5.61. The maximum atomic E-state index is 12.7. The molecule has 0 aromatic carbocycles. The molecule has 1 saturated heterocycles. The molecule has 3 atom stereocenters. The molecule has 1 saturated carbocycles. The molecule has 140 valence electrons. The number of likely N-dealkylation sites (N-methyl/N-ethyl adjacent to an activating group) is 1. The summed E-state index contributed by atoms with van der Waals surface area (Å²) in [5, 5.41) is 12.6. The van der Waals surface area contributed by atoms with Crippen molar-refractivity contribution in [1.29, 1.82) is 5.26 Å². The van der Waals surface area contributed by atoms with E-state index in [9.17, 15) is 9.65 Å². The monoisotopic (exact) mass is 348 g/mol. The summed E-state index contributed by atoms with van der Waals surface area (Å²) in [4.78, 5) is 4.41. The Labute approximate surface area is 152 Å². The smallest absolute Gasteiger partial charge is 0.128 e. The van der Waals surface area contributed by atoms with Crippen molar-refractivity contribution in [3.63, 3.8) is 0 Å². The van der Waals surface area contributed by atoms with Crippen molar-refractivity contribution in [3.8, 4) is 6.07 Å². The zero-order valence-corrected chi connectivity index (χ0v) is 15.8. The molecule has 0 spiro atoms. The van der Waals surface area contributed by atoms with Crippen molar-refractivity contribution in [1.82, 2.24) is 15.1 Å². The van der Waals surface area contributed by atoms with Crippen LogP contribution in [-0.2, 0) is 0 Å². The molecular weight excluding hydrogens is 315 g/mol. The minimum absolute atomic E-state index is 0.0342. The van der Waals surface area contributed by atoms with Crippen LogP contribution in [0.3, 0.4) is 0 Å². The van der Waals surface area contributed by atoms with Crippen LogP contribution in [0.5, 0.6) is 0 Å². The average Bonchev–Trinajstić information content (AvgIpc) is 3.31. The molecule has 0 amide bonds. The molecule has 0 aromatic rings. The van der Waals surface area contributed by atoms with Gasteiger partial charge in [-0.25, -0.2) is 4.39 Å². The van der Waals surface area contributed by atoms with Gasteiger partial charge >= 0.3 is 0 Å². The van der Waals surface area contributed by atoms with Gasteiger partial charge in [-0.05, 0) is 38.1 Å². The van der Waals surface area contributed by atoms with Crippen LogP contribution in [0.2, 0.25) is 0 Å². The molecule has 1 N–H and O–H groups in total. The van der Waals surface area contributed by atoms with E-state index in [0.717, 1.165) is 50.5 Å². The van der Waals surface area contributed by atoms with Gasteiger partial charge in [0.2, 0.25) is 0 Å². The van der Waals surface area contributed by atoms with E-state index in [2.05, 4.69) is 48.3 Å². The van der Waals surface area contributed by atoms with E-state index in [4.69, 9.17) is 0 Å². The minimum Gasteiger partial charge on any atom is -0.384 e. The fourth-order valence-corrected chi connectivity index (χ4v) is 3.71. The molecule has 2 fully saturated rings.